The van der Waals surface area contributed by atoms with Crippen LogP contribution in [0.15, 0.2) is 121 Å². The summed E-state index contributed by atoms with van der Waals surface area (Å²) in [6, 6.07) is 40.6. The summed E-state index contributed by atoms with van der Waals surface area (Å²) in [6.45, 7) is 0. The van der Waals surface area contributed by atoms with Gasteiger partial charge in [-0.2, -0.15) is 0 Å². The second-order valence-electron chi connectivity index (χ2n) is 6.60. The van der Waals surface area contributed by atoms with Gasteiger partial charge in [0.1, 0.15) is 12.2 Å². The van der Waals surface area contributed by atoms with Crippen LogP contribution in [-0.2, 0) is 9.78 Å². The second-order valence-corrected chi connectivity index (χ2v) is 6.60. The molecule has 2 nitrogen and oxygen atoms in total. The molecule has 2 heteroatoms. The molecular weight excluding hydrogens is 344 g/mol. The van der Waals surface area contributed by atoms with Crippen LogP contribution in [0.2, 0.25) is 0 Å². The molecule has 0 aliphatic heterocycles. The van der Waals surface area contributed by atoms with E-state index in [0.717, 1.165) is 22.3 Å². The summed E-state index contributed by atoms with van der Waals surface area (Å²) in [5.41, 5.74) is 4.20. The highest BCUT2D eigenvalue weighted by molar-refractivity contribution is 5.31. The fourth-order valence-corrected chi connectivity index (χ4v) is 3.23. The molecule has 0 aliphatic rings. The van der Waals surface area contributed by atoms with Gasteiger partial charge in [0.25, 0.3) is 0 Å². The smallest absolute Gasteiger partial charge is 0.143 e. The van der Waals surface area contributed by atoms with Crippen molar-refractivity contribution >= 4 is 0 Å². The lowest BCUT2D eigenvalue weighted by Gasteiger charge is -2.23. The number of rotatable bonds is 7. The second kappa shape index (κ2) is 9.14. The summed E-state index contributed by atoms with van der Waals surface area (Å²) >= 11 is 0. The van der Waals surface area contributed by atoms with Crippen molar-refractivity contribution < 1.29 is 9.78 Å². The van der Waals surface area contributed by atoms with Gasteiger partial charge in [0, 0.05) is 0 Å². The maximum atomic E-state index is 6.09. The van der Waals surface area contributed by atoms with E-state index in [0.29, 0.717) is 0 Å². The Bertz CT molecular complexity index is 792. The van der Waals surface area contributed by atoms with Crippen molar-refractivity contribution in [3.05, 3.63) is 144 Å². The Kier molecular flexibility index (Phi) is 5.93. The third-order valence-corrected chi connectivity index (χ3v) is 4.66. The van der Waals surface area contributed by atoms with Gasteiger partial charge >= 0.3 is 0 Å². The van der Waals surface area contributed by atoms with Crippen molar-refractivity contribution in [1.29, 1.82) is 0 Å². The van der Waals surface area contributed by atoms with Crippen molar-refractivity contribution in [1.82, 2.24) is 0 Å². The fourth-order valence-electron chi connectivity index (χ4n) is 3.23. The molecule has 0 saturated heterocycles. The van der Waals surface area contributed by atoms with E-state index in [4.69, 9.17) is 9.78 Å². The van der Waals surface area contributed by atoms with Crippen LogP contribution in [0.3, 0.4) is 0 Å². The molecule has 0 fully saturated rings. The van der Waals surface area contributed by atoms with Crippen LogP contribution >= 0.6 is 0 Å². The number of benzene rings is 4. The summed E-state index contributed by atoms with van der Waals surface area (Å²) in [7, 11) is 0. The number of hydrogen-bond donors (Lipinski definition) is 0. The van der Waals surface area contributed by atoms with Crippen LogP contribution in [0.4, 0.5) is 0 Å². The molecule has 28 heavy (non-hydrogen) atoms. The maximum Gasteiger partial charge on any atom is 0.143 e. The zero-order valence-corrected chi connectivity index (χ0v) is 15.5. The first-order valence-corrected chi connectivity index (χ1v) is 9.44. The topological polar surface area (TPSA) is 18.5 Å². The van der Waals surface area contributed by atoms with Crippen molar-refractivity contribution in [3.8, 4) is 0 Å². The van der Waals surface area contributed by atoms with Gasteiger partial charge < -0.3 is 0 Å². The Hall–Kier alpha value is -3.20. The maximum absolute atomic E-state index is 6.09. The van der Waals surface area contributed by atoms with E-state index < -0.39 is 0 Å². The van der Waals surface area contributed by atoms with E-state index in [1.54, 1.807) is 0 Å². The molecule has 0 bridgehead atoms. The van der Waals surface area contributed by atoms with Gasteiger partial charge in [-0.15, -0.1) is 0 Å². The lowest BCUT2D eigenvalue weighted by atomic mass is 10.0. The Balaban J connectivity index is 1.64. The van der Waals surface area contributed by atoms with E-state index in [-0.39, 0.29) is 12.2 Å². The zero-order chi connectivity index (χ0) is 19.0. The lowest BCUT2D eigenvalue weighted by Crippen LogP contribution is -2.12. The van der Waals surface area contributed by atoms with E-state index in [1.807, 2.05) is 72.8 Å². The fraction of sp³-hybridized carbons (Fsp3) is 0.0769. The van der Waals surface area contributed by atoms with Crippen LogP contribution in [0.1, 0.15) is 34.5 Å². The Morgan fingerprint density at radius 2 is 0.536 bits per heavy atom. The quantitative estimate of drug-likeness (QED) is 0.274. The summed E-state index contributed by atoms with van der Waals surface area (Å²) in [6.07, 6.45) is -0.616. The highest BCUT2D eigenvalue weighted by atomic mass is 17.2. The van der Waals surface area contributed by atoms with E-state index in [1.165, 1.54) is 0 Å². The molecule has 0 unspecified atom stereocenters. The van der Waals surface area contributed by atoms with Crippen LogP contribution in [-0.4, -0.2) is 0 Å². The summed E-state index contributed by atoms with van der Waals surface area (Å²) in [4.78, 5) is 12.2. The minimum atomic E-state index is -0.308. The van der Waals surface area contributed by atoms with Crippen LogP contribution < -0.4 is 0 Å². The minimum absolute atomic E-state index is 0.308. The monoisotopic (exact) mass is 366 g/mol. The van der Waals surface area contributed by atoms with Crippen molar-refractivity contribution in [2.75, 3.05) is 0 Å². The molecule has 0 aromatic heterocycles. The summed E-state index contributed by atoms with van der Waals surface area (Å²) in [5, 5.41) is 0. The average molecular weight is 366 g/mol. The number of hydrogen-bond acceptors (Lipinski definition) is 2. The predicted octanol–water partition coefficient (Wildman–Crippen LogP) is 6.51. The zero-order valence-electron chi connectivity index (χ0n) is 15.5. The van der Waals surface area contributed by atoms with Crippen LogP contribution in [0, 0.1) is 0 Å². The normalized spacial score (nSPS) is 11.1. The Labute approximate surface area is 165 Å². The largest absolute Gasteiger partial charge is 0.223 e. The molecule has 4 aromatic rings. The molecule has 0 saturated carbocycles. The minimum Gasteiger partial charge on any atom is -0.223 e. The summed E-state index contributed by atoms with van der Waals surface area (Å²) in [5.74, 6) is 0. The Morgan fingerprint density at radius 1 is 0.321 bits per heavy atom. The third-order valence-electron chi connectivity index (χ3n) is 4.66. The third kappa shape index (κ3) is 4.37. The highest BCUT2D eigenvalue weighted by Gasteiger charge is 2.21. The van der Waals surface area contributed by atoms with Gasteiger partial charge in [-0.25, -0.2) is 9.78 Å². The van der Waals surface area contributed by atoms with Crippen molar-refractivity contribution in [2.45, 2.75) is 12.2 Å². The molecule has 0 radical (unpaired) electrons. The lowest BCUT2D eigenvalue weighted by molar-refractivity contribution is -0.340. The van der Waals surface area contributed by atoms with E-state index in [9.17, 15) is 0 Å². The van der Waals surface area contributed by atoms with E-state index in [2.05, 4.69) is 48.5 Å². The van der Waals surface area contributed by atoms with Crippen LogP contribution in [0.5, 0.6) is 0 Å². The average Bonchev–Trinajstić information content (AvgIpc) is 2.79. The first-order valence-electron chi connectivity index (χ1n) is 9.44. The standard InChI is InChI=1S/C26H22O2/c1-5-13-21(14-6-1)25(22-15-7-2-8-16-22)27-28-26(23-17-9-3-10-18-23)24-19-11-4-12-20-24/h1-20,25-26H. The van der Waals surface area contributed by atoms with Crippen molar-refractivity contribution in [2.24, 2.45) is 0 Å². The molecule has 0 aliphatic carbocycles. The first kappa shape index (κ1) is 18.2. The van der Waals surface area contributed by atoms with E-state index >= 15 is 0 Å². The summed E-state index contributed by atoms with van der Waals surface area (Å²) < 4.78 is 0. The van der Waals surface area contributed by atoms with Gasteiger partial charge in [0.05, 0.1) is 0 Å². The van der Waals surface area contributed by atoms with Gasteiger partial charge in [-0.3, -0.25) is 0 Å². The van der Waals surface area contributed by atoms with Gasteiger partial charge in [-0.05, 0) is 22.3 Å². The Morgan fingerprint density at radius 3 is 0.750 bits per heavy atom. The van der Waals surface area contributed by atoms with Crippen LogP contribution in [0.25, 0.3) is 0 Å². The molecule has 0 atom stereocenters. The molecular formula is C26H22O2. The molecule has 4 aromatic carbocycles. The highest BCUT2D eigenvalue weighted by Crippen LogP contribution is 2.32. The molecule has 0 amide bonds. The van der Waals surface area contributed by atoms with Gasteiger partial charge in [0.15, 0.2) is 0 Å². The molecule has 138 valence electrons. The van der Waals surface area contributed by atoms with Gasteiger partial charge in [0.2, 0.25) is 0 Å². The molecule has 4 rings (SSSR count). The molecule has 0 N–H and O–H groups in total. The molecule has 0 heterocycles. The van der Waals surface area contributed by atoms with Gasteiger partial charge in [-0.1, -0.05) is 121 Å². The SMILES string of the molecule is c1ccc(C(OOC(c2ccccc2)c2ccccc2)c2ccccc2)cc1. The first-order chi connectivity index (χ1) is 13.9. The predicted molar refractivity (Wildman–Crippen MR) is 112 cm³/mol. The molecule has 0 spiro atoms. The van der Waals surface area contributed by atoms with Crippen molar-refractivity contribution in [3.63, 3.8) is 0 Å².